The smallest absolute Gasteiger partial charge is 0.328 e. The molecule has 0 spiro atoms. The number of hydrogen-bond donors (Lipinski definition) is 1. The minimum Gasteiger partial charge on any atom is -0.461 e. The van der Waals surface area contributed by atoms with Gasteiger partial charge in [-0.15, -0.1) is 0 Å². The number of unbranched alkanes of at least 4 members (excludes halogenated alkanes) is 11. The number of cyclic esters (lactones) is 1. The summed E-state index contributed by atoms with van der Waals surface area (Å²) in [6.45, 7) is 8.45. The third kappa shape index (κ3) is 13.9. The van der Waals surface area contributed by atoms with Crippen LogP contribution in [0.5, 0.6) is 0 Å². The molecule has 1 amide bonds. The fraction of sp³-hybridized carbons (Fsp3) is 0.897. The molecule has 0 saturated carbocycles. The first kappa shape index (κ1) is 31.4. The SMILES string of the molecule is CCCCCCCCCCC[C@@H](C[C@@H]1OC(=O)[C@@H]1CCCCCC)OC(=O)[C@H](CC(C)C)NC=O. The largest absolute Gasteiger partial charge is 0.461 e. The molecule has 1 heterocycles. The second-order valence-electron chi connectivity index (χ2n) is 10.8. The number of hydrogen-bond acceptors (Lipinski definition) is 5. The standard InChI is InChI=1S/C29H53NO5/c1-5-7-9-11-12-13-14-15-16-18-24(34-29(33)26(30-22-31)20-23(3)4)21-27-25(28(32)35-27)19-17-10-8-6-2/h22-27H,5-21H2,1-4H3,(H,30,31)/t24-,25+,26-,27-/m0/s1. The lowest BCUT2D eigenvalue weighted by atomic mass is 9.86. The first-order valence-electron chi connectivity index (χ1n) is 14.5. The van der Waals surface area contributed by atoms with Crippen LogP contribution in [-0.2, 0) is 23.9 Å². The van der Waals surface area contributed by atoms with Gasteiger partial charge in [0.25, 0.3) is 0 Å². The summed E-state index contributed by atoms with van der Waals surface area (Å²) in [5.74, 6) is -0.302. The number of nitrogens with one attached hydrogen (secondary N) is 1. The van der Waals surface area contributed by atoms with Gasteiger partial charge in [-0.1, -0.05) is 105 Å². The second kappa shape index (κ2) is 19.6. The molecular formula is C29H53NO5. The highest BCUT2D eigenvalue weighted by Gasteiger charge is 2.43. The summed E-state index contributed by atoms with van der Waals surface area (Å²) >= 11 is 0. The molecule has 0 aromatic carbocycles. The molecule has 6 nitrogen and oxygen atoms in total. The van der Waals surface area contributed by atoms with E-state index in [0.29, 0.717) is 19.3 Å². The van der Waals surface area contributed by atoms with Crippen molar-refractivity contribution in [3.8, 4) is 0 Å². The van der Waals surface area contributed by atoms with Crippen molar-refractivity contribution < 1.29 is 23.9 Å². The van der Waals surface area contributed by atoms with Crippen LogP contribution in [0.25, 0.3) is 0 Å². The minimum atomic E-state index is -0.632. The molecule has 35 heavy (non-hydrogen) atoms. The maximum Gasteiger partial charge on any atom is 0.328 e. The predicted molar refractivity (Wildman–Crippen MR) is 141 cm³/mol. The molecule has 4 atom stereocenters. The molecule has 1 aliphatic heterocycles. The number of esters is 2. The Morgan fingerprint density at radius 2 is 1.51 bits per heavy atom. The summed E-state index contributed by atoms with van der Waals surface area (Å²) in [6, 6.07) is -0.632. The molecule has 0 radical (unpaired) electrons. The highest BCUT2D eigenvalue weighted by atomic mass is 16.6. The summed E-state index contributed by atoms with van der Waals surface area (Å²) in [4.78, 5) is 36.0. The van der Waals surface area contributed by atoms with E-state index in [1.54, 1.807) is 0 Å². The summed E-state index contributed by atoms with van der Waals surface area (Å²) < 4.78 is 11.4. The summed E-state index contributed by atoms with van der Waals surface area (Å²) in [5.41, 5.74) is 0. The molecule has 1 fully saturated rings. The van der Waals surface area contributed by atoms with E-state index in [2.05, 4.69) is 19.2 Å². The van der Waals surface area contributed by atoms with Gasteiger partial charge in [0.15, 0.2) is 0 Å². The molecule has 0 aliphatic carbocycles. The van der Waals surface area contributed by atoms with Crippen molar-refractivity contribution in [2.24, 2.45) is 11.8 Å². The van der Waals surface area contributed by atoms with Gasteiger partial charge in [-0.3, -0.25) is 9.59 Å². The molecule has 1 aliphatic rings. The van der Waals surface area contributed by atoms with Crippen LogP contribution in [0.3, 0.4) is 0 Å². The highest BCUT2D eigenvalue weighted by molar-refractivity contribution is 5.79. The van der Waals surface area contributed by atoms with Crippen molar-refractivity contribution in [3.05, 3.63) is 0 Å². The maximum atomic E-state index is 12.9. The van der Waals surface area contributed by atoms with E-state index in [4.69, 9.17) is 9.47 Å². The van der Waals surface area contributed by atoms with Gasteiger partial charge in [-0.05, 0) is 31.6 Å². The highest BCUT2D eigenvalue weighted by Crippen LogP contribution is 2.32. The Labute approximate surface area is 214 Å². The van der Waals surface area contributed by atoms with E-state index in [1.165, 1.54) is 57.8 Å². The number of carbonyl (C=O) groups is 3. The van der Waals surface area contributed by atoms with E-state index in [9.17, 15) is 14.4 Å². The lowest BCUT2D eigenvalue weighted by molar-refractivity contribution is -0.190. The Morgan fingerprint density at radius 3 is 2.06 bits per heavy atom. The van der Waals surface area contributed by atoms with Crippen LogP contribution in [0.1, 0.15) is 137 Å². The van der Waals surface area contributed by atoms with Gasteiger partial charge in [0.1, 0.15) is 18.2 Å². The Balaban J connectivity index is 2.58. The molecule has 1 N–H and O–H groups in total. The zero-order valence-corrected chi connectivity index (χ0v) is 23.0. The zero-order chi connectivity index (χ0) is 25.9. The third-order valence-corrected chi connectivity index (χ3v) is 7.06. The molecule has 1 rings (SSSR count). The van der Waals surface area contributed by atoms with Gasteiger partial charge in [0.2, 0.25) is 6.41 Å². The normalized spacial score (nSPS) is 19.1. The summed E-state index contributed by atoms with van der Waals surface area (Å²) in [7, 11) is 0. The van der Waals surface area contributed by atoms with Crippen LogP contribution in [0.15, 0.2) is 0 Å². The van der Waals surface area contributed by atoms with E-state index in [-0.39, 0.29) is 36.0 Å². The molecule has 6 heteroatoms. The number of rotatable bonds is 23. The van der Waals surface area contributed by atoms with Gasteiger partial charge < -0.3 is 14.8 Å². The fourth-order valence-corrected chi connectivity index (χ4v) is 4.90. The quantitative estimate of drug-likeness (QED) is 0.0949. The van der Waals surface area contributed by atoms with Crippen LogP contribution in [0.2, 0.25) is 0 Å². The molecule has 0 aromatic rings. The predicted octanol–water partition coefficient (Wildman–Crippen LogP) is 6.88. The van der Waals surface area contributed by atoms with Crippen molar-refractivity contribution in [1.29, 1.82) is 0 Å². The zero-order valence-electron chi connectivity index (χ0n) is 23.0. The second-order valence-corrected chi connectivity index (χ2v) is 10.8. The Morgan fingerprint density at radius 1 is 0.943 bits per heavy atom. The molecule has 1 saturated heterocycles. The first-order chi connectivity index (χ1) is 16.9. The summed E-state index contributed by atoms with van der Waals surface area (Å²) in [6.07, 6.45) is 18.5. The Hall–Kier alpha value is -1.59. The Bertz CT molecular complexity index is 579. The van der Waals surface area contributed by atoms with Crippen LogP contribution in [-0.4, -0.2) is 36.6 Å². The van der Waals surface area contributed by atoms with Crippen molar-refractivity contribution >= 4 is 18.3 Å². The van der Waals surface area contributed by atoms with Crippen LogP contribution < -0.4 is 5.32 Å². The molecule has 0 aromatic heterocycles. The van der Waals surface area contributed by atoms with E-state index in [1.807, 2.05) is 13.8 Å². The van der Waals surface area contributed by atoms with Gasteiger partial charge in [0, 0.05) is 6.42 Å². The van der Waals surface area contributed by atoms with Crippen LogP contribution in [0, 0.1) is 11.8 Å². The van der Waals surface area contributed by atoms with Gasteiger partial charge in [-0.25, -0.2) is 4.79 Å². The number of amides is 1. The molecular weight excluding hydrogens is 442 g/mol. The summed E-state index contributed by atoms with van der Waals surface area (Å²) in [5, 5.41) is 2.62. The Kier molecular flexibility index (Phi) is 17.6. The minimum absolute atomic E-state index is 0.0734. The van der Waals surface area contributed by atoms with Crippen molar-refractivity contribution in [2.45, 2.75) is 155 Å². The average Bonchev–Trinajstić information content (AvgIpc) is 2.81. The van der Waals surface area contributed by atoms with Crippen molar-refractivity contribution in [3.63, 3.8) is 0 Å². The molecule has 0 unspecified atom stereocenters. The lowest BCUT2D eigenvalue weighted by Crippen LogP contribution is -2.48. The van der Waals surface area contributed by atoms with E-state index >= 15 is 0 Å². The van der Waals surface area contributed by atoms with E-state index < -0.39 is 6.04 Å². The number of ether oxygens (including phenoxy) is 2. The maximum absolute atomic E-state index is 12.9. The number of carbonyl (C=O) groups excluding carboxylic acids is 3. The third-order valence-electron chi connectivity index (χ3n) is 7.06. The van der Waals surface area contributed by atoms with Crippen LogP contribution in [0.4, 0.5) is 0 Å². The van der Waals surface area contributed by atoms with Gasteiger partial charge >= 0.3 is 11.9 Å². The fourth-order valence-electron chi connectivity index (χ4n) is 4.90. The average molecular weight is 496 g/mol. The van der Waals surface area contributed by atoms with E-state index in [0.717, 1.165) is 38.5 Å². The van der Waals surface area contributed by atoms with Crippen LogP contribution >= 0.6 is 0 Å². The van der Waals surface area contributed by atoms with Crippen molar-refractivity contribution in [1.82, 2.24) is 5.32 Å². The molecule has 204 valence electrons. The van der Waals surface area contributed by atoms with Gasteiger partial charge in [0.05, 0.1) is 5.92 Å². The van der Waals surface area contributed by atoms with Crippen molar-refractivity contribution in [2.75, 3.05) is 0 Å². The monoisotopic (exact) mass is 495 g/mol. The molecule has 0 bridgehead atoms. The van der Waals surface area contributed by atoms with Gasteiger partial charge in [-0.2, -0.15) is 0 Å². The lowest BCUT2D eigenvalue weighted by Gasteiger charge is -2.37. The first-order valence-corrected chi connectivity index (χ1v) is 14.5. The topological polar surface area (TPSA) is 81.7 Å².